The van der Waals surface area contributed by atoms with Gasteiger partial charge in [-0.3, -0.25) is 0 Å². The van der Waals surface area contributed by atoms with E-state index in [0.717, 1.165) is 23.1 Å². The highest BCUT2D eigenvalue weighted by molar-refractivity contribution is 8.00. The van der Waals surface area contributed by atoms with Crippen LogP contribution in [0.4, 0.5) is 8.78 Å². The summed E-state index contributed by atoms with van der Waals surface area (Å²) in [6.07, 6.45) is 1.27. The van der Waals surface area contributed by atoms with Crippen LogP contribution in [0.2, 0.25) is 0 Å². The minimum atomic E-state index is -4.31. The molecule has 0 amide bonds. The van der Waals surface area contributed by atoms with Gasteiger partial charge in [0.1, 0.15) is 11.6 Å². The summed E-state index contributed by atoms with van der Waals surface area (Å²) in [5, 5.41) is 0. The Labute approximate surface area is 156 Å². The number of hydrogen-bond donors (Lipinski definition) is 1. The van der Waals surface area contributed by atoms with Gasteiger partial charge in [0, 0.05) is 29.4 Å². The normalized spacial score (nSPS) is 17.2. The maximum absolute atomic E-state index is 13.9. The molecule has 1 fully saturated rings. The second kappa shape index (κ2) is 8.04. The molecule has 140 valence electrons. The van der Waals surface area contributed by atoms with Crippen LogP contribution in [0.3, 0.4) is 0 Å². The lowest BCUT2D eigenvalue weighted by molar-refractivity contribution is 0.0784. The minimum Gasteiger partial charge on any atom is -0.381 e. The molecule has 0 radical (unpaired) electrons. The van der Waals surface area contributed by atoms with Crippen molar-refractivity contribution < 1.29 is 21.9 Å². The first-order valence-corrected chi connectivity index (χ1v) is 10.5. The van der Waals surface area contributed by atoms with Gasteiger partial charge in [0.15, 0.2) is 4.90 Å². The predicted octanol–water partition coefficient (Wildman–Crippen LogP) is 3.58. The van der Waals surface area contributed by atoms with Gasteiger partial charge in [0.2, 0.25) is 10.0 Å². The number of sulfonamides is 1. The Hall–Kier alpha value is -1.48. The van der Waals surface area contributed by atoms with E-state index in [1.807, 2.05) is 30.3 Å². The fraction of sp³-hybridized carbons (Fsp3) is 0.333. The topological polar surface area (TPSA) is 55.4 Å². The van der Waals surface area contributed by atoms with Crippen LogP contribution in [0.15, 0.2) is 58.3 Å². The Bertz CT molecular complexity index is 834. The molecule has 0 unspecified atom stereocenters. The van der Waals surface area contributed by atoms with Crippen LogP contribution in [0, 0.1) is 11.6 Å². The number of halogens is 2. The lowest BCUT2D eigenvalue weighted by Crippen LogP contribution is -2.44. The molecule has 1 saturated heterocycles. The van der Waals surface area contributed by atoms with Crippen LogP contribution in [-0.4, -0.2) is 32.9 Å². The Balaban J connectivity index is 1.81. The van der Waals surface area contributed by atoms with Crippen LogP contribution in [0.1, 0.15) is 12.8 Å². The van der Waals surface area contributed by atoms with Gasteiger partial charge in [-0.25, -0.2) is 21.9 Å². The van der Waals surface area contributed by atoms with Crippen molar-refractivity contribution in [3.05, 3.63) is 60.2 Å². The summed E-state index contributed by atoms with van der Waals surface area (Å²) in [4.78, 5) is 0.0672. The van der Waals surface area contributed by atoms with Gasteiger partial charge in [-0.2, -0.15) is 0 Å². The number of thioether (sulfide) groups is 1. The van der Waals surface area contributed by atoms with E-state index in [0.29, 0.717) is 26.1 Å². The van der Waals surface area contributed by atoms with Crippen molar-refractivity contribution >= 4 is 21.8 Å². The van der Waals surface area contributed by atoms with Gasteiger partial charge in [0.05, 0.1) is 0 Å². The molecule has 0 aliphatic carbocycles. The van der Waals surface area contributed by atoms with Gasteiger partial charge in [0.25, 0.3) is 0 Å². The zero-order valence-electron chi connectivity index (χ0n) is 14.0. The van der Waals surface area contributed by atoms with Crippen molar-refractivity contribution in [2.24, 2.45) is 0 Å². The Morgan fingerprint density at radius 3 is 2.23 bits per heavy atom. The highest BCUT2D eigenvalue weighted by Gasteiger charge is 2.36. The van der Waals surface area contributed by atoms with Gasteiger partial charge in [-0.1, -0.05) is 24.3 Å². The fourth-order valence-corrected chi connectivity index (χ4v) is 5.49. The first-order chi connectivity index (χ1) is 12.4. The van der Waals surface area contributed by atoms with Crippen molar-refractivity contribution in [2.45, 2.75) is 27.4 Å². The van der Waals surface area contributed by atoms with E-state index >= 15 is 0 Å². The van der Waals surface area contributed by atoms with Gasteiger partial charge in [-0.15, -0.1) is 11.8 Å². The zero-order valence-corrected chi connectivity index (χ0v) is 15.6. The summed E-state index contributed by atoms with van der Waals surface area (Å²) in [7, 11) is -4.31. The summed E-state index contributed by atoms with van der Waals surface area (Å²) >= 11 is 1.56. The molecule has 4 nitrogen and oxygen atoms in total. The summed E-state index contributed by atoms with van der Waals surface area (Å²) < 4.78 is 60.1. The quantitative estimate of drug-likeness (QED) is 0.807. The second-order valence-electron chi connectivity index (χ2n) is 6.09. The Morgan fingerprint density at radius 2 is 1.62 bits per heavy atom. The second-order valence-corrected chi connectivity index (χ2v) is 9.33. The number of rotatable bonds is 6. The number of ether oxygens (including phenoxy) is 1. The van der Waals surface area contributed by atoms with Crippen LogP contribution >= 0.6 is 11.8 Å². The third-order valence-electron chi connectivity index (χ3n) is 4.25. The molecule has 2 aromatic rings. The third kappa shape index (κ3) is 4.43. The molecule has 0 spiro atoms. The van der Waals surface area contributed by atoms with E-state index in [2.05, 4.69) is 4.72 Å². The molecule has 0 atom stereocenters. The summed E-state index contributed by atoms with van der Waals surface area (Å²) in [6, 6.07) is 12.6. The van der Waals surface area contributed by atoms with Crippen LogP contribution in [0.25, 0.3) is 0 Å². The van der Waals surface area contributed by atoms with E-state index in [-0.39, 0.29) is 6.54 Å². The van der Waals surface area contributed by atoms with Gasteiger partial charge >= 0.3 is 0 Å². The molecule has 0 saturated carbocycles. The molecule has 2 aromatic carbocycles. The van der Waals surface area contributed by atoms with Crippen molar-refractivity contribution in [1.82, 2.24) is 4.72 Å². The third-order valence-corrected chi connectivity index (χ3v) is 7.20. The summed E-state index contributed by atoms with van der Waals surface area (Å²) in [6.45, 7) is 1.08. The molecule has 1 aliphatic heterocycles. The van der Waals surface area contributed by atoms with E-state index in [4.69, 9.17) is 4.74 Å². The Kier molecular flexibility index (Phi) is 5.96. The lowest BCUT2D eigenvalue weighted by Gasteiger charge is -2.36. The standard InChI is InChI=1S/C18H19F2NO3S2/c19-15-7-4-8-16(20)17(15)26(22,23)21-13-18(9-11-24-12-10-18)25-14-5-2-1-3-6-14/h1-8,21H,9-13H2. The summed E-state index contributed by atoms with van der Waals surface area (Å²) in [5.41, 5.74) is 0. The van der Waals surface area contributed by atoms with Crippen molar-refractivity contribution in [1.29, 1.82) is 0 Å². The Morgan fingerprint density at radius 1 is 1.00 bits per heavy atom. The van der Waals surface area contributed by atoms with Crippen molar-refractivity contribution in [3.8, 4) is 0 Å². The maximum atomic E-state index is 13.9. The maximum Gasteiger partial charge on any atom is 0.246 e. The van der Waals surface area contributed by atoms with Crippen LogP contribution in [-0.2, 0) is 14.8 Å². The van der Waals surface area contributed by atoms with E-state index in [9.17, 15) is 17.2 Å². The molecule has 26 heavy (non-hydrogen) atoms. The van der Waals surface area contributed by atoms with Gasteiger partial charge in [-0.05, 0) is 37.1 Å². The molecule has 3 rings (SSSR count). The molecule has 0 bridgehead atoms. The van der Waals surface area contributed by atoms with E-state index in [1.165, 1.54) is 0 Å². The number of hydrogen-bond acceptors (Lipinski definition) is 4. The van der Waals surface area contributed by atoms with Crippen LogP contribution in [0.5, 0.6) is 0 Å². The molecule has 0 aromatic heterocycles. The van der Waals surface area contributed by atoms with E-state index in [1.54, 1.807) is 11.8 Å². The van der Waals surface area contributed by atoms with E-state index < -0.39 is 31.3 Å². The molecule has 1 N–H and O–H groups in total. The smallest absolute Gasteiger partial charge is 0.246 e. The first-order valence-electron chi connectivity index (χ1n) is 8.17. The lowest BCUT2D eigenvalue weighted by atomic mass is 9.99. The molecule has 1 aliphatic rings. The summed E-state index contributed by atoms with van der Waals surface area (Å²) in [5.74, 6) is -2.21. The first kappa shape index (κ1) is 19.3. The molecule has 8 heteroatoms. The molecular formula is C18H19F2NO3S2. The highest BCUT2D eigenvalue weighted by Crippen LogP contribution is 2.40. The van der Waals surface area contributed by atoms with Crippen molar-refractivity contribution in [2.75, 3.05) is 19.8 Å². The molecule has 1 heterocycles. The minimum absolute atomic E-state index is 0.0615. The largest absolute Gasteiger partial charge is 0.381 e. The average molecular weight is 399 g/mol. The fourth-order valence-electron chi connectivity index (χ4n) is 2.83. The number of benzene rings is 2. The predicted molar refractivity (Wildman–Crippen MR) is 96.6 cm³/mol. The highest BCUT2D eigenvalue weighted by atomic mass is 32.2. The monoisotopic (exact) mass is 399 g/mol. The van der Waals surface area contributed by atoms with Crippen molar-refractivity contribution in [3.63, 3.8) is 0 Å². The SMILES string of the molecule is O=S(=O)(NCC1(Sc2ccccc2)CCOCC1)c1c(F)cccc1F. The van der Waals surface area contributed by atoms with Crippen LogP contribution < -0.4 is 4.72 Å². The molecular weight excluding hydrogens is 380 g/mol. The number of nitrogens with one attached hydrogen (secondary N) is 1. The zero-order chi connectivity index (χ0) is 18.6. The average Bonchev–Trinajstić information content (AvgIpc) is 2.62. The van der Waals surface area contributed by atoms with Gasteiger partial charge < -0.3 is 4.74 Å².